The normalized spacial score (nSPS) is 15.5. The van der Waals surface area contributed by atoms with Gasteiger partial charge in [0.2, 0.25) is 12.5 Å². The summed E-state index contributed by atoms with van der Waals surface area (Å²) in [5.74, 6) is 0.289. The summed E-state index contributed by atoms with van der Waals surface area (Å²) in [5, 5.41) is 2.14. The molecule has 0 aliphatic heterocycles. The van der Waals surface area contributed by atoms with Gasteiger partial charge in [0.15, 0.2) is 12.2 Å². The standard InChI is InChI=1S/C31H37N3O2/c1-21(31(36)23-10-6-7-11-23)24-12-8-13-25(18-24)22(2)34(5)20-29-28-15-9-14-26(19-30(35)32-3)27(28)16-17-33(29)4/h8-9,12-18,21-23H,3,5-7,10-11,19-20H2,1-2,4H3/q+2. The van der Waals surface area contributed by atoms with E-state index in [1.165, 1.54) is 12.8 Å². The summed E-state index contributed by atoms with van der Waals surface area (Å²) in [6, 6.07) is 16.6. The van der Waals surface area contributed by atoms with E-state index in [1.807, 2.05) is 38.4 Å². The second kappa shape index (κ2) is 11.1. The molecule has 1 amide bonds. The first-order valence-electron chi connectivity index (χ1n) is 12.9. The van der Waals surface area contributed by atoms with Crippen molar-refractivity contribution in [2.75, 3.05) is 0 Å². The van der Waals surface area contributed by atoms with E-state index in [0.29, 0.717) is 12.3 Å². The molecule has 2 atom stereocenters. The van der Waals surface area contributed by atoms with E-state index < -0.39 is 0 Å². The molecule has 1 aromatic heterocycles. The maximum Gasteiger partial charge on any atom is 0.254 e. The number of nitrogens with zero attached hydrogens (tertiary/aromatic N) is 3. The van der Waals surface area contributed by atoms with Crippen LogP contribution in [-0.4, -0.2) is 29.7 Å². The Morgan fingerprint density at radius 1 is 1.06 bits per heavy atom. The fourth-order valence-electron chi connectivity index (χ4n) is 5.45. The zero-order valence-corrected chi connectivity index (χ0v) is 21.7. The molecule has 0 spiro atoms. The fraction of sp³-hybridized carbons (Fsp3) is 0.387. The van der Waals surface area contributed by atoms with Crippen LogP contribution in [-0.2, 0) is 29.6 Å². The molecule has 1 saturated carbocycles. The molecule has 4 rings (SSSR count). The third-order valence-electron chi connectivity index (χ3n) is 7.89. The molecule has 0 saturated heterocycles. The van der Waals surface area contributed by atoms with Crippen LogP contribution >= 0.6 is 0 Å². The summed E-state index contributed by atoms with van der Waals surface area (Å²) in [6.07, 6.45) is 6.68. The first kappa shape index (κ1) is 25.6. The molecular weight excluding hydrogens is 446 g/mol. The first-order chi connectivity index (χ1) is 17.3. The van der Waals surface area contributed by atoms with Crippen molar-refractivity contribution in [1.29, 1.82) is 0 Å². The van der Waals surface area contributed by atoms with Crippen LogP contribution in [0.15, 0.2) is 59.7 Å². The highest BCUT2D eigenvalue weighted by molar-refractivity contribution is 5.92. The number of benzene rings is 2. The minimum Gasteiger partial charge on any atom is -0.299 e. The second-order valence-electron chi connectivity index (χ2n) is 10.2. The average Bonchev–Trinajstić information content (AvgIpc) is 3.44. The molecule has 5 nitrogen and oxygen atoms in total. The maximum atomic E-state index is 13.0. The quantitative estimate of drug-likeness (QED) is 0.307. The molecule has 0 bridgehead atoms. The minimum atomic E-state index is -0.231. The Morgan fingerprint density at radius 3 is 2.47 bits per heavy atom. The molecule has 1 aliphatic carbocycles. The van der Waals surface area contributed by atoms with Crippen LogP contribution in [0.3, 0.4) is 0 Å². The molecule has 186 valence electrons. The molecule has 2 aromatic carbocycles. The number of rotatable bonds is 9. The highest BCUT2D eigenvalue weighted by atomic mass is 16.1. The number of carbonyl (C=O) groups excluding carboxylic acids is 2. The van der Waals surface area contributed by atoms with Crippen molar-refractivity contribution >= 4 is 35.9 Å². The van der Waals surface area contributed by atoms with Crippen molar-refractivity contribution < 1.29 is 18.7 Å². The van der Waals surface area contributed by atoms with Crippen molar-refractivity contribution in [3.05, 3.63) is 77.1 Å². The van der Waals surface area contributed by atoms with Gasteiger partial charge in [-0.3, -0.25) is 9.59 Å². The number of Topliss-reactive ketones (excluding diaryl/α,β-unsaturated/α-hetero) is 1. The minimum absolute atomic E-state index is 0.0590. The fourth-order valence-corrected chi connectivity index (χ4v) is 5.45. The van der Waals surface area contributed by atoms with Gasteiger partial charge in [0.1, 0.15) is 19.5 Å². The van der Waals surface area contributed by atoms with E-state index in [4.69, 9.17) is 0 Å². The van der Waals surface area contributed by atoms with Crippen LogP contribution in [0.4, 0.5) is 0 Å². The van der Waals surface area contributed by atoms with Crippen LogP contribution < -0.4 is 4.57 Å². The number of pyridine rings is 1. The molecular formula is C31H37N3O2+2. The number of fused-ring (bicyclic) bond motifs is 1. The number of hydrogen-bond acceptors (Lipinski definition) is 2. The van der Waals surface area contributed by atoms with E-state index >= 15 is 0 Å². The molecule has 1 aliphatic rings. The second-order valence-corrected chi connectivity index (χ2v) is 10.2. The molecule has 2 unspecified atom stereocenters. The van der Waals surface area contributed by atoms with Crippen molar-refractivity contribution in [2.24, 2.45) is 18.0 Å². The Balaban J connectivity index is 1.57. The molecule has 1 heterocycles. The van der Waals surface area contributed by atoms with Gasteiger partial charge in [0.25, 0.3) is 5.69 Å². The zero-order chi connectivity index (χ0) is 25.8. The van der Waals surface area contributed by atoms with Crippen LogP contribution in [0.5, 0.6) is 0 Å². The van der Waals surface area contributed by atoms with Crippen molar-refractivity contribution in [3.8, 4) is 0 Å². The van der Waals surface area contributed by atoms with E-state index in [9.17, 15) is 9.59 Å². The van der Waals surface area contributed by atoms with Gasteiger partial charge in [0.05, 0.1) is 11.8 Å². The predicted molar refractivity (Wildman–Crippen MR) is 145 cm³/mol. The highest BCUT2D eigenvalue weighted by Crippen LogP contribution is 2.32. The van der Waals surface area contributed by atoms with Crippen molar-refractivity contribution in [2.45, 2.75) is 64.5 Å². The van der Waals surface area contributed by atoms with Crippen LogP contribution in [0.2, 0.25) is 0 Å². The largest absolute Gasteiger partial charge is 0.299 e. The third kappa shape index (κ3) is 5.35. The lowest BCUT2D eigenvalue weighted by Gasteiger charge is -2.18. The van der Waals surface area contributed by atoms with Gasteiger partial charge in [-0.1, -0.05) is 50.1 Å². The van der Waals surface area contributed by atoms with Crippen molar-refractivity contribution in [1.82, 2.24) is 0 Å². The Hall–Kier alpha value is -3.47. The third-order valence-corrected chi connectivity index (χ3v) is 7.89. The Bertz CT molecular complexity index is 1320. The lowest BCUT2D eigenvalue weighted by atomic mass is 9.87. The summed E-state index contributed by atoms with van der Waals surface area (Å²) in [6.45, 7) is 12.6. The molecule has 36 heavy (non-hydrogen) atoms. The van der Waals surface area contributed by atoms with E-state index in [2.05, 4.69) is 64.8 Å². The molecule has 3 aromatic rings. The summed E-state index contributed by atoms with van der Waals surface area (Å²) >= 11 is 0. The monoisotopic (exact) mass is 483 g/mol. The van der Waals surface area contributed by atoms with E-state index in [0.717, 1.165) is 46.0 Å². The lowest BCUT2D eigenvalue weighted by Crippen LogP contribution is -2.35. The Morgan fingerprint density at radius 2 is 1.75 bits per heavy atom. The number of aromatic nitrogens is 1. The highest BCUT2D eigenvalue weighted by Gasteiger charge is 2.29. The lowest BCUT2D eigenvalue weighted by molar-refractivity contribution is -0.699. The first-order valence-corrected chi connectivity index (χ1v) is 12.9. The van der Waals surface area contributed by atoms with Crippen LogP contribution in [0.1, 0.15) is 73.9 Å². The Labute approximate surface area is 214 Å². The topological polar surface area (TPSA) is 53.4 Å². The summed E-state index contributed by atoms with van der Waals surface area (Å²) in [5.41, 5.74) is 4.31. The van der Waals surface area contributed by atoms with Crippen LogP contribution in [0, 0.1) is 5.92 Å². The molecule has 5 heteroatoms. The van der Waals surface area contributed by atoms with Crippen molar-refractivity contribution in [3.63, 3.8) is 0 Å². The average molecular weight is 484 g/mol. The van der Waals surface area contributed by atoms with E-state index in [-0.39, 0.29) is 30.2 Å². The number of ketones is 1. The Kier molecular flexibility index (Phi) is 7.88. The predicted octanol–water partition coefficient (Wildman–Crippen LogP) is 5.27. The molecule has 0 N–H and O–H groups in total. The molecule has 1 fully saturated rings. The number of aryl methyl sites for hydroxylation is 1. The van der Waals surface area contributed by atoms with Gasteiger partial charge < -0.3 is 0 Å². The molecule has 0 radical (unpaired) electrons. The maximum absolute atomic E-state index is 13.0. The number of aliphatic imine (C=N–C) groups is 1. The van der Waals surface area contributed by atoms with Gasteiger partial charge in [-0.05, 0) is 48.2 Å². The van der Waals surface area contributed by atoms with Gasteiger partial charge in [-0.25, -0.2) is 9.57 Å². The van der Waals surface area contributed by atoms with Gasteiger partial charge in [-0.15, -0.1) is 0 Å². The number of hydrogen-bond donors (Lipinski definition) is 0. The smallest absolute Gasteiger partial charge is 0.254 e. The summed E-state index contributed by atoms with van der Waals surface area (Å²) in [4.78, 5) is 28.5. The van der Waals surface area contributed by atoms with Gasteiger partial charge >= 0.3 is 0 Å². The zero-order valence-electron chi connectivity index (χ0n) is 21.7. The van der Waals surface area contributed by atoms with E-state index in [1.54, 1.807) is 0 Å². The number of amides is 1. The summed E-state index contributed by atoms with van der Waals surface area (Å²) in [7, 11) is 2.04. The summed E-state index contributed by atoms with van der Waals surface area (Å²) < 4.78 is 4.20. The van der Waals surface area contributed by atoms with Crippen LogP contribution in [0.25, 0.3) is 10.8 Å². The van der Waals surface area contributed by atoms with Gasteiger partial charge in [-0.2, -0.15) is 4.57 Å². The SMILES string of the molecule is C=NC(=O)Cc1cccc2c(C[N+](=C)C(C)c3cccc(C(C)C(=O)C4CCCC4)c3)[n+](C)ccc12. The van der Waals surface area contributed by atoms with Gasteiger partial charge in [0, 0.05) is 30.4 Å². The number of carbonyl (C=O) groups is 2.